The molecule has 0 radical (unpaired) electrons. The van der Waals surface area contributed by atoms with E-state index in [1.165, 1.54) is 7.11 Å². The van der Waals surface area contributed by atoms with Crippen molar-refractivity contribution in [3.63, 3.8) is 0 Å². The first-order chi connectivity index (χ1) is 8.40. The summed E-state index contributed by atoms with van der Waals surface area (Å²) in [4.78, 5) is 7.93. The predicted octanol–water partition coefficient (Wildman–Crippen LogP) is 2.99. The molecule has 4 nitrogen and oxygen atoms in total. The van der Waals surface area contributed by atoms with Gasteiger partial charge in [0.25, 0.3) is 0 Å². The van der Waals surface area contributed by atoms with Gasteiger partial charge < -0.3 is 4.84 Å². The summed E-state index contributed by atoms with van der Waals surface area (Å²) < 4.78 is 37.1. The lowest BCUT2D eigenvalue weighted by atomic mass is 10.1. The van der Waals surface area contributed by atoms with Crippen LogP contribution < -0.4 is 0 Å². The lowest BCUT2D eigenvalue weighted by Gasteiger charge is -2.09. The van der Waals surface area contributed by atoms with Gasteiger partial charge in [-0.1, -0.05) is 16.8 Å². The molecule has 1 heterocycles. The van der Waals surface area contributed by atoms with Crippen molar-refractivity contribution < 1.29 is 18.0 Å². The fourth-order valence-electron chi connectivity index (χ4n) is 1.12. The molecule has 0 saturated carbocycles. The van der Waals surface area contributed by atoms with E-state index in [0.717, 1.165) is 12.3 Å². The van der Waals surface area contributed by atoms with Gasteiger partial charge in [0.15, 0.2) is 0 Å². The van der Waals surface area contributed by atoms with Crippen LogP contribution in [0.2, 0.25) is 5.02 Å². The van der Waals surface area contributed by atoms with Gasteiger partial charge in [0.2, 0.25) is 0 Å². The summed E-state index contributed by atoms with van der Waals surface area (Å²) in [5.41, 5.74) is -0.982. The van der Waals surface area contributed by atoms with Crippen molar-refractivity contribution in [3.05, 3.63) is 28.5 Å². The Hall–Kier alpha value is -1.81. The Kier molecular flexibility index (Phi) is 4.50. The van der Waals surface area contributed by atoms with Gasteiger partial charge in [-0.25, -0.2) is 0 Å². The second-order valence-electron chi connectivity index (χ2n) is 3.13. The highest BCUT2D eigenvalue weighted by atomic mass is 35.5. The van der Waals surface area contributed by atoms with E-state index < -0.39 is 17.7 Å². The second-order valence-corrected chi connectivity index (χ2v) is 3.54. The number of alkyl halides is 3. The minimum Gasteiger partial charge on any atom is -0.399 e. The normalized spacial score (nSPS) is 13.3. The molecule has 8 heteroatoms. The molecule has 1 aromatic heterocycles. The van der Waals surface area contributed by atoms with E-state index in [9.17, 15) is 13.2 Å². The summed E-state index contributed by atoms with van der Waals surface area (Å²) in [6, 6.07) is 2.51. The monoisotopic (exact) mass is 277 g/mol. The van der Waals surface area contributed by atoms with Crippen LogP contribution in [0.25, 0.3) is 0 Å². The van der Waals surface area contributed by atoms with Crippen molar-refractivity contribution >= 4 is 17.8 Å². The number of rotatable bonds is 3. The summed E-state index contributed by atoms with van der Waals surface area (Å²) in [6.07, 6.45) is -2.81. The number of nitriles is 1. The summed E-state index contributed by atoms with van der Waals surface area (Å²) in [5.74, 6) is -0.972. The van der Waals surface area contributed by atoms with Crippen LogP contribution in [0.4, 0.5) is 13.2 Å². The highest BCUT2D eigenvalue weighted by Crippen LogP contribution is 2.32. The van der Waals surface area contributed by atoms with Crippen LogP contribution in [0.5, 0.6) is 0 Å². The maximum absolute atomic E-state index is 12.4. The summed E-state index contributed by atoms with van der Waals surface area (Å²) in [6.45, 7) is 0. The van der Waals surface area contributed by atoms with Crippen molar-refractivity contribution in [2.24, 2.45) is 5.16 Å². The van der Waals surface area contributed by atoms with Crippen LogP contribution in [0.3, 0.4) is 0 Å². The van der Waals surface area contributed by atoms with Crippen LogP contribution >= 0.6 is 11.6 Å². The molecular weight excluding hydrogens is 271 g/mol. The highest BCUT2D eigenvalue weighted by Gasteiger charge is 2.32. The van der Waals surface area contributed by atoms with Crippen LogP contribution in [0.15, 0.2) is 17.4 Å². The Morgan fingerprint density at radius 2 is 2.28 bits per heavy atom. The molecule has 0 spiro atoms. The first-order valence-electron chi connectivity index (χ1n) is 4.59. The average Bonchev–Trinajstić information content (AvgIpc) is 2.30. The summed E-state index contributed by atoms with van der Waals surface area (Å²) in [5, 5.41) is 12.0. The van der Waals surface area contributed by atoms with E-state index in [-0.39, 0.29) is 10.7 Å². The largest absolute Gasteiger partial charge is 0.417 e. The molecule has 96 valence electrons. The smallest absolute Gasteiger partial charge is 0.399 e. The van der Waals surface area contributed by atoms with E-state index in [1.54, 1.807) is 6.07 Å². The maximum Gasteiger partial charge on any atom is 0.417 e. The number of hydrogen-bond donors (Lipinski definition) is 0. The highest BCUT2D eigenvalue weighted by molar-refractivity contribution is 6.31. The molecule has 1 atom stereocenters. The van der Waals surface area contributed by atoms with E-state index >= 15 is 0 Å². The van der Waals surface area contributed by atoms with Gasteiger partial charge >= 0.3 is 6.18 Å². The molecule has 0 N–H and O–H groups in total. The SMILES string of the molecule is CO/N=C\[C@H](C#N)c1ncc(C(F)(F)F)cc1Cl. The molecule has 1 aromatic rings. The van der Waals surface area contributed by atoms with Gasteiger partial charge in [-0.15, -0.1) is 0 Å². The van der Waals surface area contributed by atoms with Gasteiger partial charge in [-0.05, 0) is 6.07 Å². The van der Waals surface area contributed by atoms with E-state index in [0.29, 0.717) is 6.20 Å². The molecule has 0 aliphatic rings. The number of hydrogen-bond acceptors (Lipinski definition) is 4. The molecule has 18 heavy (non-hydrogen) atoms. The first kappa shape index (κ1) is 14.3. The Morgan fingerprint density at radius 1 is 1.61 bits per heavy atom. The lowest BCUT2D eigenvalue weighted by molar-refractivity contribution is -0.137. The molecule has 0 bridgehead atoms. The third kappa shape index (κ3) is 3.34. The third-order valence-corrected chi connectivity index (χ3v) is 2.25. The summed E-state index contributed by atoms with van der Waals surface area (Å²) in [7, 11) is 1.27. The van der Waals surface area contributed by atoms with Gasteiger partial charge in [0.1, 0.15) is 13.0 Å². The number of nitrogens with zero attached hydrogens (tertiary/aromatic N) is 3. The fraction of sp³-hybridized carbons (Fsp3) is 0.300. The third-order valence-electron chi connectivity index (χ3n) is 1.95. The van der Waals surface area contributed by atoms with Gasteiger partial charge in [-0.2, -0.15) is 18.4 Å². The molecule has 0 amide bonds. The molecule has 0 aliphatic heterocycles. The van der Waals surface area contributed by atoms with Crippen molar-refractivity contribution in [1.82, 2.24) is 4.98 Å². The summed E-state index contributed by atoms with van der Waals surface area (Å²) >= 11 is 5.67. The predicted molar refractivity (Wildman–Crippen MR) is 58.1 cm³/mol. The molecule has 0 fully saturated rings. The Bertz CT molecular complexity index is 496. The van der Waals surface area contributed by atoms with E-state index in [2.05, 4.69) is 15.0 Å². The Balaban J connectivity index is 3.13. The van der Waals surface area contributed by atoms with Crippen molar-refractivity contribution in [2.75, 3.05) is 7.11 Å². The number of oxime groups is 1. The molecule has 0 aromatic carbocycles. The zero-order valence-corrected chi connectivity index (χ0v) is 9.83. The number of aromatic nitrogens is 1. The Labute approximate surface area is 106 Å². The van der Waals surface area contributed by atoms with Crippen molar-refractivity contribution in [1.29, 1.82) is 5.26 Å². The lowest BCUT2D eigenvalue weighted by Crippen LogP contribution is -2.08. The minimum atomic E-state index is -4.53. The quantitative estimate of drug-likeness (QED) is 0.630. The fourth-order valence-corrected chi connectivity index (χ4v) is 1.40. The Morgan fingerprint density at radius 3 is 2.72 bits per heavy atom. The maximum atomic E-state index is 12.4. The number of pyridine rings is 1. The first-order valence-corrected chi connectivity index (χ1v) is 4.97. The molecule has 0 saturated heterocycles. The van der Waals surface area contributed by atoms with Crippen LogP contribution in [-0.2, 0) is 11.0 Å². The van der Waals surface area contributed by atoms with Crippen molar-refractivity contribution in [2.45, 2.75) is 12.1 Å². The van der Waals surface area contributed by atoms with E-state index in [1.807, 2.05) is 0 Å². The standard InChI is InChI=1S/C10H7ClF3N3O/c1-18-17-4-6(3-15)9-8(11)2-7(5-16-9)10(12,13)14/h2,4-6H,1H3/b17-4-/t6-/m0/s1. The molecule has 1 rings (SSSR count). The van der Waals surface area contributed by atoms with Crippen LogP contribution in [-0.4, -0.2) is 18.3 Å². The van der Waals surface area contributed by atoms with Crippen molar-refractivity contribution in [3.8, 4) is 6.07 Å². The zero-order chi connectivity index (χ0) is 13.8. The van der Waals surface area contributed by atoms with Gasteiger partial charge in [0, 0.05) is 6.20 Å². The molecule has 0 aliphatic carbocycles. The van der Waals surface area contributed by atoms with Gasteiger partial charge in [-0.3, -0.25) is 4.98 Å². The minimum absolute atomic E-state index is 0.00651. The average molecular weight is 278 g/mol. The topological polar surface area (TPSA) is 58.3 Å². The van der Waals surface area contributed by atoms with E-state index in [4.69, 9.17) is 16.9 Å². The van der Waals surface area contributed by atoms with Gasteiger partial charge in [0.05, 0.1) is 28.6 Å². The van der Waals surface area contributed by atoms with Crippen LogP contribution in [0.1, 0.15) is 17.2 Å². The molecule has 0 unspecified atom stereocenters. The second kappa shape index (κ2) is 5.69. The molecular formula is C10H7ClF3N3O. The number of halogens is 4. The zero-order valence-electron chi connectivity index (χ0n) is 9.07. The van der Waals surface area contributed by atoms with Crippen LogP contribution in [0, 0.1) is 11.3 Å².